The van der Waals surface area contributed by atoms with Crippen molar-refractivity contribution in [3.63, 3.8) is 0 Å². The molecular weight excluding hydrogens is 302 g/mol. The van der Waals surface area contributed by atoms with Crippen LogP contribution in [0.5, 0.6) is 0 Å². The Bertz CT molecular complexity index is 745. The third-order valence-electron chi connectivity index (χ3n) is 3.24. The lowest BCUT2D eigenvalue weighted by Gasteiger charge is -2.11. The van der Waals surface area contributed by atoms with E-state index in [9.17, 15) is 5.11 Å². The number of pyridine rings is 1. The molecule has 2 aromatic carbocycles. The average molecular weight is 316 g/mol. The number of hydrogen-bond donors (Lipinski definition) is 1. The number of halogens is 1. The minimum Gasteiger partial charge on any atom is -0.388 e. The molecule has 0 aliphatic rings. The van der Waals surface area contributed by atoms with Crippen molar-refractivity contribution in [1.29, 1.82) is 0 Å². The molecule has 0 aliphatic heterocycles. The fraction of sp³-hybridized carbons (Fsp3) is 0.118. The van der Waals surface area contributed by atoms with Crippen LogP contribution in [0.4, 0.5) is 0 Å². The second-order valence-corrected chi connectivity index (χ2v) is 6.27. The van der Waals surface area contributed by atoms with Gasteiger partial charge in [0.05, 0.1) is 11.6 Å². The molecular formula is C17H14ClNOS. The van der Waals surface area contributed by atoms with Crippen LogP contribution in [0.15, 0.2) is 65.7 Å². The molecule has 0 aliphatic carbocycles. The van der Waals surface area contributed by atoms with E-state index < -0.39 is 6.10 Å². The first-order chi connectivity index (χ1) is 10.2. The smallest absolute Gasteiger partial charge is 0.0884 e. The quantitative estimate of drug-likeness (QED) is 0.708. The molecule has 3 aromatic rings. The van der Waals surface area contributed by atoms with E-state index in [1.165, 1.54) is 0 Å². The van der Waals surface area contributed by atoms with Crippen molar-refractivity contribution in [1.82, 2.24) is 4.98 Å². The normalized spacial score (nSPS) is 12.5. The molecule has 0 spiro atoms. The van der Waals surface area contributed by atoms with E-state index in [4.69, 9.17) is 11.6 Å². The molecule has 0 amide bonds. The lowest BCUT2D eigenvalue weighted by Crippen LogP contribution is -2.00. The summed E-state index contributed by atoms with van der Waals surface area (Å²) in [5.74, 6) is 0.597. The van der Waals surface area contributed by atoms with E-state index >= 15 is 0 Å². The number of hydrogen-bond acceptors (Lipinski definition) is 3. The molecule has 0 fully saturated rings. The minimum absolute atomic E-state index is 0.517. The van der Waals surface area contributed by atoms with Crippen molar-refractivity contribution in [3.8, 4) is 0 Å². The molecule has 1 unspecified atom stereocenters. The molecule has 0 saturated carbocycles. The van der Waals surface area contributed by atoms with Crippen molar-refractivity contribution < 1.29 is 5.11 Å². The SMILES string of the molecule is OC(CSc1ccc(Cl)cc1)c1ccc2cccnc2c1. The number of aliphatic hydroxyl groups excluding tert-OH is 1. The van der Waals surface area contributed by atoms with Gasteiger partial charge in [-0.3, -0.25) is 4.98 Å². The maximum Gasteiger partial charge on any atom is 0.0884 e. The molecule has 21 heavy (non-hydrogen) atoms. The zero-order valence-electron chi connectivity index (χ0n) is 11.2. The number of rotatable bonds is 4. The van der Waals surface area contributed by atoms with Gasteiger partial charge in [-0.15, -0.1) is 11.8 Å². The maximum atomic E-state index is 10.3. The lowest BCUT2D eigenvalue weighted by atomic mass is 10.1. The fourth-order valence-corrected chi connectivity index (χ4v) is 3.09. The topological polar surface area (TPSA) is 33.1 Å². The highest BCUT2D eigenvalue weighted by atomic mass is 35.5. The van der Waals surface area contributed by atoms with Crippen LogP contribution in [0.25, 0.3) is 10.9 Å². The number of fused-ring (bicyclic) bond motifs is 1. The molecule has 2 nitrogen and oxygen atoms in total. The summed E-state index contributed by atoms with van der Waals surface area (Å²) >= 11 is 7.47. The van der Waals surface area contributed by atoms with Gasteiger partial charge in [-0.1, -0.05) is 29.8 Å². The Morgan fingerprint density at radius 3 is 2.71 bits per heavy atom. The Labute approximate surface area is 132 Å². The van der Waals surface area contributed by atoms with E-state index in [1.54, 1.807) is 18.0 Å². The van der Waals surface area contributed by atoms with Crippen molar-refractivity contribution in [2.75, 3.05) is 5.75 Å². The molecule has 3 rings (SSSR count). The summed E-state index contributed by atoms with van der Waals surface area (Å²) in [6, 6.07) is 17.5. The van der Waals surface area contributed by atoms with Crippen molar-refractivity contribution in [3.05, 3.63) is 71.4 Å². The second kappa shape index (κ2) is 6.48. The van der Waals surface area contributed by atoms with Crippen LogP contribution < -0.4 is 0 Å². The van der Waals surface area contributed by atoms with Crippen LogP contribution in [-0.4, -0.2) is 15.8 Å². The molecule has 4 heteroatoms. The van der Waals surface area contributed by atoms with Gasteiger partial charge < -0.3 is 5.11 Å². The van der Waals surface area contributed by atoms with Crippen LogP contribution in [0, 0.1) is 0 Å². The highest BCUT2D eigenvalue weighted by molar-refractivity contribution is 7.99. The van der Waals surface area contributed by atoms with E-state index in [1.807, 2.05) is 54.6 Å². The number of thioether (sulfide) groups is 1. The number of nitrogens with zero attached hydrogens (tertiary/aromatic N) is 1. The molecule has 1 aromatic heterocycles. The summed E-state index contributed by atoms with van der Waals surface area (Å²) in [4.78, 5) is 5.41. The zero-order valence-corrected chi connectivity index (χ0v) is 12.8. The molecule has 106 valence electrons. The molecule has 0 radical (unpaired) electrons. The Kier molecular flexibility index (Phi) is 4.44. The zero-order chi connectivity index (χ0) is 14.7. The van der Waals surface area contributed by atoms with Gasteiger partial charge in [0, 0.05) is 27.3 Å². The van der Waals surface area contributed by atoms with E-state index in [0.29, 0.717) is 5.75 Å². The summed E-state index contributed by atoms with van der Waals surface area (Å²) in [7, 11) is 0. The Balaban J connectivity index is 1.71. The second-order valence-electron chi connectivity index (χ2n) is 4.74. The Morgan fingerprint density at radius 2 is 1.90 bits per heavy atom. The van der Waals surface area contributed by atoms with Crippen LogP contribution >= 0.6 is 23.4 Å². The monoisotopic (exact) mass is 315 g/mol. The van der Waals surface area contributed by atoms with Crippen LogP contribution in [0.3, 0.4) is 0 Å². The predicted octanol–water partition coefficient (Wildman–Crippen LogP) is 4.71. The van der Waals surface area contributed by atoms with Gasteiger partial charge >= 0.3 is 0 Å². The fourth-order valence-electron chi connectivity index (χ4n) is 2.09. The van der Waals surface area contributed by atoms with E-state index in [-0.39, 0.29) is 0 Å². The van der Waals surface area contributed by atoms with Crippen LogP contribution in [0.1, 0.15) is 11.7 Å². The van der Waals surface area contributed by atoms with Crippen molar-refractivity contribution >= 4 is 34.3 Å². The molecule has 0 saturated heterocycles. The van der Waals surface area contributed by atoms with Gasteiger partial charge in [-0.05, 0) is 42.0 Å². The standard InChI is InChI=1S/C17H14ClNOS/c18-14-5-7-15(8-6-14)21-11-17(20)13-4-3-12-2-1-9-19-16(12)10-13/h1-10,17,20H,11H2. The third kappa shape index (κ3) is 3.56. The first-order valence-electron chi connectivity index (χ1n) is 6.63. The Hall–Kier alpha value is -1.55. The highest BCUT2D eigenvalue weighted by Crippen LogP contribution is 2.27. The lowest BCUT2D eigenvalue weighted by molar-refractivity contribution is 0.204. The summed E-state index contributed by atoms with van der Waals surface area (Å²) in [5.41, 5.74) is 1.80. The van der Waals surface area contributed by atoms with Gasteiger partial charge in [-0.25, -0.2) is 0 Å². The number of aliphatic hydroxyl groups is 1. The number of benzene rings is 2. The van der Waals surface area contributed by atoms with Gasteiger partial charge in [0.1, 0.15) is 0 Å². The molecule has 1 heterocycles. The van der Waals surface area contributed by atoms with Gasteiger partial charge in [0.2, 0.25) is 0 Å². The maximum absolute atomic E-state index is 10.3. The van der Waals surface area contributed by atoms with E-state index in [2.05, 4.69) is 4.98 Å². The summed E-state index contributed by atoms with van der Waals surface area (Å²) in [5, 5.41) is 12.1. The molecule has 1 N–H and O–H groups in total. The average Bonchev–Trinajstić information content (AvgIpc) is 2.53. The Morgan fingerprint density at radius 1 is 1.10 bits per heavy atom. The predicted molar refractivity (Wildman–Crippen MR) is 88.9 cm³/mol. The van der Waals surface area contributed by atoms with Gasteiger partial charge in [-0.2, -0.15) is 0 Å². The van der Waals surface area contributed by atoms with Gasteiger partial charge in [0.15, 0.2) is 0 Å². The summed E-state index contributed by atoms with van der Waals surface area (Å²) < 4.78 is 0. The first-order valence-corrected chi connectivity index (χ1v) is 8.00. The third-order valence-corrected chi connectivity index (χ3v) is 4.58. The first kappa shape index (κ1) is 14.4. The highest BCUT2D eigenvalue weighted by Gasteiger charge is 2.09. The largest absolute Gasteiger partial charge is 0.388 e. The molecule has 0 bridgehead atoms. The van der Waals surface area contributed by atoms with Crippen LogP contribution in [0.2, 0.25) is 5.02 Å². The van der Waals surface area contributed by atoms with Crippen molar-refractivity contribution in [2.45, 2.75) is 11.0 Å². The van der Waals surface area contributed by atoms with Crippen molar-refractivity contribution in [2.24, 2.45) is 0 Å². The van der Waals surface area contributed by atoms with Crippen LogP contribution in [-0.2, 0) is 0 Å². The van der Waals surface area contributed by atoms with Gasteiger partial charge in [0.25, 0.3) is 0 Å². The van der Waals surface area contributed by atoms with E-state index in [0.717, 1.165) is 26.4 Å². The number of aromatic nitrogens is 1. The minimum atomic E-state index is -0.517. The summed E-state index contributed by atoms with van der Waals surface area (Å²) in [6.45, 7) is 0. The molecule has 1 atom stereocenters. The summed E-state index contributed by atoms with van der Waals surface area (Å²) in [6.07, 6.45) is 1.25.